The summed E-state index contributed by atoms with van der Waals surface area (Å²) in [4.78, 5) is 0. The lowest BCUT2D eigenvalue weighted by molar-refractivity contribution is 0.398. The van der Waals surface area contributed by atoms with Crippen LogP contribution in [0.15, 0.2) is 46.0 Å². The van der Waals surface area contributed by atoms with E-state index in [9.17, 15) is 4.39 Å². The topological polar surface area (TPSA) is 49.2 Å². The molecule has 146 valence electrons. The fourth-order valence-electron chi connectivity index (χ4n) is 3.04. The van der Waals surface area contributed by atoms with E-state index in [0.717, 1.165) is 39.5 Å². The average molecular weight is 464 g/mol. The van der Waals surface area contributed by atoms with Crippen molar-refractivity contribution in [1.29, 1.82) is 0 Å². The van der Waals surface area contributed by atoms with Crippen LogP contribution in [-0.2, 0) is 5.75 Å². The zero-order valence-electron chi connectivity index (χ0n) is 15.5. The van der Waals surface area contributed by atoms with E-state index < -0.39 is 0 Å². The molecule has 1 heterocycles. The SMILES string of the molecule is COc1cc(CSc2nnc(-c3ccccc3F)n2C2CC2)c(OC)cc1Br. The summed E-state index contributed by atoms with van der Waals surface area (Å²) in [5.41, 5.74) is 1.47. The van der Waals surface area contributed by atoms with Crippen LogP contribution in [0.3, 0.4) is 0 Å². The number of rotatable bonds is 7. The molecule has 0 atom stereocenters. The number of aromatic nitrogens is 3. The van der Waals surface area contributed by atoms with Crippen LogP contribution < -0.4 is 9.47 Å². The summed E-state index contributed by atoms with van der Waals surface area (Å²) in [6.07, 6.45) is 2.12. The van der Waals surface area contributed by atoms with Crippen molar-refractivity contribution in [2.24, 2.45) is 0 Å². The molecule has 0 bridgehead atoms. The minimum absolute atomic E-state index is 0.285. The molecule has 0 radical (unpaired) electrons. The second-order valence-electron chi connectivity index (χ2n) is 6.47. The summed E-state index contributed by atoms with van der Waals surface area (Å²) in [5.74, 6) is 2.45. The van der Waals surface area contributed by atoms with Gasteiger partial charge in [-0.3, -0.25) is 4.57 Å². The third kappa shape index (κ3) is 3.75. The normalized spacial score (nSPS) is 13.6. The van der Waals surface area contributed by atoms with Gasteiger partial charge in [0.15, 0.2) is 11.0 Å². The molecule has 0 N–H and O–H groups in total. The molecule has 1 aliphatic carbocycles. The van der Waals surface area contributed by atoms with Crippen LogP contribution in [0.4, 0.5) is 4.39 Å². The van der Waals surface area contributed by atoms with Gasteiger partial charge in [-0.15, -0.1) is 10.2 Å². The Kier molecular flexibility index (Phi) is 5.59. The molecule has 5 nitrogen and oxygen atoms in total. The largest absolute Gasteiger partial charge is 0.496 e. The number of methoxy groups -OCH3 is 2. The van der Waals surface area contributed by atoms with Gasteiger partial charge in [-0.25, -0.2) is 4.39 Å². The van der Waals surface area contributed by atoms with E-state index in [1.165, 1.54) is 6.07 Å². The zero-order chi connectivity index (χ0) is 19.7. The average Bonchev–Trinajstić information content (AvgIpc) is 3.46. The lowest BCUT2D eigenvalue weighted by Gasteiger charge is -2.13. The lowest BCUT2D eigenvalue weighted by Crippen LogP contribution is -2.01. The van der Waals surface area contributed by atoms with Crippen molar-refractivity contribution >= 4 is 27.7 Å². The van der Waals surface area contributed by atoms with E-state index in [1.807, 2.05) is 18.2 Å². The quantitative estimate of drug-likeness (QED) is 0.433. The molecule has 4 rings (SSSR count). The van der Waals surface area contributed by atoms with Crippen LogP contribution in [0, 0.1) is 5.82 Å². The Bertz CT molecular complexity index is 1010. The number of hydrogen-bond donors (Lipinski definition) is 0. The molecular formula is C20H19BrFN3O2S. The van der Waals surface area contributed by atoms with E-state index in [-0.39, 0.29) is 5.82 Å². The highest BCUT2D eigenvalue weighted by molar-refractivity contribution is 9.10. The minimum Gasteiger partial charge on any atom is -0.496 e. The Hall–Kier alpha value is -2.06. The van der Waals surface area contributed by atoms with Crippen molar-refractivity contribution in [2.75, 3.05) is 14.2 Å². The Morgan fingerprint density at radius 2 is 1.89 bits per heavy atom. The van der Waals surface area contributed by atoms with Crippen LogP contribution in [-0.4, -0.2) is 29.0 Å². The van der Waals surface area contributed by atoms with Crippen LogP contribution in [0.2, 0.25) is 0 Å². The van der Waals surface area contributed by atoms with Crippen LogP contribution >= 0.6 is 27.7 Å². The van der Waals surface area contributed by atoms with E-state index in [4.69, 9.17) is 9.47 Å². The molecule has 3 aromatic rings. The van der Waals surface area contributed by atoms with Crippen LogP contribution in [0.25, 0.3) is 11.4 Å². The number of nitrogens with zero attached hydrogens (tertiary/aromatic N) is 3. The molecule has 8 heteroatoms. The summed E-state index contributed by atoms with van der Waals surface area (Å²) in [5, 5.41) is 9.44. The maximum Gasteiger partial charge on any atom is 0.192 e. The molecule has 0 amide bonds. The summed E-state index contributed by atoms with van der Waals surface area (Å²) >= 11 is 5.04. The first kappa shape index (κ1) is 19.3. The van der Waals surface area contributed by atoms with Gasteiger partial charge in [0.2, 0.25) is 0 Å². The molecule has 28 heavy (non-hydrogen) atoms. The summed E-state index contributed by atoms with van der Waals surface area (Å²) in [6, 6.07) is 10.9. The maximum absolute atomic E-state index is 14.3. The van der Waals surface area contributed by atoms with Gasteiger partial charge in [-0.05, 0) is 53.0 Å². The molecule has 2 aromatic carbocycles. The molecule has 1 aliphatic rings. The number of thioether (sulfide) groups is 1. The smallest absolute Gasteiger partial charge is 0.192 e. The van der Waals surface area contributed by atoms with Gasteiger partial charge in [0.25, 0.3) is 0 Å². The van der Waals surface area contributed by atoms with E-state index in [1.54, 1.807) is 38.1 Å². The first-order valence-corrected chi connectivity index (χ1v) is 10.6. The van der Waals surface area contributed by atoms with E-state index in [0.29, 0.717) is 23.2 Å². The maximum atomic E-state index is 14.3. The first-order valence-electron chi connectivity index (χ1n) is 8.85. The van der Waals surface area contributed by atoms with Crippen molar-refractivity contribution in [1.82, 2.24) is 14.8 Å². The first-order chi connectivity index (χ1) is 13.6. The highest BCUT2D eigenvalue weighted by Gasteiger charge is 2.31. The lowest BCUT2D eigenvalue weighted by atomic mass is 10.2. The summed E-state index contributed by atoms with van der Waals surface area (Å²) in [7, 11) is 3.28. The minimum atomic E-state index is -0.285. The van der Waals surface area contributed by atoms with Gasteiger partial charge in [-0.1, -0.05) is 23.9 Å². The molecule has 0 aliphatic heterocycles. The third-order valence-corrected chi connectivity index (χ3v) is 6.21. The van der Waals surface area contributed by atoms with Gasteiger partial charge >= 0.3 is 0 Å². The molecule has 0 saturated heterocycles. The van der Waals surface area contributed by atoms with Gasteiger partial charge in [0, 0.05) is 17.4 Å². The van der Waals surface area contributed by atoms with Crippen molar-refractivity contribution in [2.45, 2.75) is 29.8 Å². The zero-order valence-corrected chi connectivity index (χ0v) is 17.9. The van der Waals surface area contributed by atoms with Crippen LogP contribution in [0.1, 0.15) is 24.4 Å². The Morgan fingerprint density at radius 1 is 1.14 bits per heavy atom. The fourth-order valence-corrected chi connectivity index (χ4v) is 4.51. The van der Waals surface area contributed by atoms with Crippen molar-refractivity contribution in [3.63, 3.8) is 0 Å². The van der Waals surface area contributed by atoms with Crippen molar-refractivity contribution in [3.05, 3.63) is 52.3 Å². The number of ether oxygens (including phenoxy) is 2. The Labute approximate surface area is 175 Å². The van der Waals surface area contributed by atoms with E-state index in [2.05, 4.69) is 30.7 Å². The molecule has 0 unspecified atom stereocenters. The monoisotopic (exact) mass is 463 g/mol. The Balaban J connectivity index is 1.64. The molecule has 1 fully saturated rings. The van der Waals surface area contributed by atoms with Crippen molar-refractivity contribution in [3.8, 4) is 22.9 Å². The standard InChI is InChI=1S/C20H19BrFN3O2S/c1-26-17-10-15(21)18(27-2)9-12(17)11-28-20-24-23-19(25(20)13-7-8-13)14-5-3-4-6-16(14)22/h3-6,9-10,13H,7-8,11H2,1-2H3. The highest BCUT2D eigenvalue weighted by Crippen LogP contribution is 2.43. The van der Waals surface area contributed by atoms with Gasteiger partial charge < -0.3 is 9.47 Å². The Morgan fingerprint density at radius 3 is 2.57 bits per heavy atom. The summed E-state index contributed by atoms with van der Waals surface area (Å²) in [6.45, 7) is 0. The second-order valence-corrected chi connectivity index (χ2v) is 8.27. The highest BCUT2D eigenvalue weighted by atomic mass is 79.9. The van der Waals surface area contributed by atoms with Gasteiger partial charge in [-0.2, -0.15) is 0 Å². The van der Waals surface area contributed by atoms with Crippen LogP contribution in [0.5, 0.6) is 11.5 Å². The van der Waals surface area contributed by atoms with Crippen molar-refractivity contribution < 1.29 is 13.9 Å². The van der Waals surface area contributed by atoms with Gasteiger partial charge in [0.05, 0.1) is 24.3 Å². The second kappa shape index (κ2) is 8.13. The predicted molar refractivity (Wildman–Crippen MR) is 110 cm³/mol. The fraction of sp³-hybridized carbons (Fsp3) is 0.300. The van der Waals surface area contributed by atoms with Gasteiger partial charge in [0.1, 0.15) is 17.3 Å². The summed E-state index contributed by atoms with van der Waals surface area (Å²) < 4.78 is 28.1. The number of hydrogen-bond acceptors (Lipinski definition) is 5. The molecule has 0 spiro atoms. The molecular weight excluding hydrogens is 445 g/mol. The third-order valence-electron chi connectivity index (χ3n) is 4.60. The number of halogens is 2. The molecule has 1 aromatic heterocycles. The number of benzene rings is 2. The van der Waals surface area contributed by atoms with E-state index >= 15 is 0 Å². The molecule has 1 saturated carbocycles. The predicted octanol–water partition coefficient (Wildman–Crippen LogP) is 5.49.